The monoisotopic (exact) mass is 514 g/mol. The molecule has 2 rings (SSSR count). The molecule has 8 heteroatoms. The Hall–Kier alpha value is -1.76. The Morgan fingerprint density at radius 2 is 1.77 bits per heavy atom. The van der Waals surface area contributed by atoms with Gasteiger partial charge in [0.05, 0.1) is 0 Å². The van der Waals surface area contributed by atoms with Gasteiger partial charge in [0.15, 0.2) is 6.61 Å². The lowest BCUT2D eigenvalue weighted by molar-refractivity contribution is -0.142. The predicted molar refractivity (Wildman–Crippen MR) is 124 cm³/mol. The van der Waals surface area contributed by atoms with E-state index in [4.69, 9.17) is 27.9 Å². The zero-order valence-electron chi connectivity index (χ0n) is 17.3. The average molecular weight is 516 g/mol. The van der Waals surface area contributed by atoms with E-state index >= 15 is 0 Å². The molecule has 0 aliphatic carbocycles. The molecule has 5 nitrogen and oxygen atoms in total. The number of hydrogen-bond acceptors (Lipinski definition) is 3. The molecule has 162 valence electrons. The second-order valence-corrected chi connectivity index (χ2v) is 9.67. The fraction of sp³-hybridized carbons (Fsp3) is 0.364. The molecule has 2 amide bonds. The molecule has 0 heterocycles. The summed E-state index contributed by atoms with van der Waals surface area (Å²) in [6.07, 6.45) is 0. The van der Waals surface area contributed by atoms with Crippen molar-refractivity contribution in [1.29, 1.82) is 0 Å². The first kappa shape index (κ1) is 24.5. The summed E-state index contributed by atoms with van der Waals surface area (Å²) in [5.41, 5.74) is 0.264. The van der Waals surface area contributed by atoms with Gasteiger partial charge in [0.1, 0.15) is 11.8 Å². The second kappa shape index (κ2) is 10.5. The molecule has 2 aromatic carbocycles. The third kappa shape index (κ3) is 7.49. The molecule has 0 spiro atoms. The second-order valence-electron chi connectivity index (χ2n) is 7.92. The van der Waals surface area contributed by atoms with Gasteiger partial charge in [-0.05, 0) is 69.7 Å². The van der Waals surface area contributed by atoms with Crippen molar-refractivity contribution >= 4 is 50.9 Å². The molecule has 0 saturated carbocycles. The Balaban J connectivity index is 2.21. The molecule has 1 N–H and O–H groups in total. The van der Waals surface area contributed by atoms with Gasteiger partial charge in [-0.25, -0.2) is 0 Å². The van der Waals surface area contributed by atoms with Gasteiger partial charge in [-0.3, -0.25) is 9.59 Å². The van der Waals surface area contributed by atoms with Crippen LogP contribution in [0.5, 0.6) is 5.75 Å². The maximum Gasteiger partial charge on any atom is 0.261 e. The quantitative estimate of drug-likeness (QED) is 0.532. The summed E-state index contributed by atoms with van der Waals surface area (Å²) in [5, 5.41) is 3.84. The van der Waals surface area contributed by atoms with Gasteiger partial charge in [0.25, 0.3) is 5.91 Å². The van der Waals surface area contributed by atoms with E-state index < -0.39 is 11.6 Å². The Morgan fingerprint density at radius 1 is 1.13 bits per heavy atom. The Labute approximate surface area is 195 Å². The number of carbonyl (C=O) groups is 2. The van der Waals surface area contributed by atoms with Crippen LogP contribution in [0.4, 0.5) is 0 Å². The zero-order valence-corrected chi connectivity index (χ0v) is 20.4. The highest BCUT2D eigenvalue weighted by Crippen LogP contribution is 2.23. The van der Waals surface area contributed by atoms with E-state index in [1.54, 1.807) is 37.3 Å². The summed E-state index contributed by atoms with van der Waals surface area (Å²) < 4.78 is 6.53. The van der Waals surface area contributed by atoms with Crippen LogP contribution in [0.15, 0.2) is 46.9 Å². The number of benzene rings is 2. The van der Waals surface area contributed by atoms with Crippen molar-refractivity contribution in [2.75, 3.05) is 6.61 Å². The first-order valence-electron chi connectivity index (χ1n) is 9.40. The normalized spacial score (nSPS) is 12.2. The summed E-state index contributed by atoms with van der Waals surface area (Å²) in [4.78, 5) is 27.2. The van der Waals surface area contributed by atoms with Crippen LogP contribution in [0.1, 0.15) is 33.3 Å². The van der Waals surface area contributed by atoms with Crippen molar-refractivity contribution in [3.05, 3.63) is 62.5 Å². The standard InChI is InChI=1S/C22H25BrCl2N2O3/c1-14(21(29)26-22(2,3)4)27(12-15-5-8-17(24)11-19(15)25)20(28)13-30-18-9-6-16(23)7-10-18/h5-11,14H,12-13H2,1-4H3,(H,26,29)/t14-/m1/s1. The summed E-state index contributed by atoms with van der Waals surface area (Å²) in [5.74, 6) is -0.0344. The Bertz CT molecular complexity index is 898. The molecule has 30 heavy (non-hydrogen) atoms. The van der Waals surface area contributed by atoms with Crippen LogP contribution < -0.4 is 10.1 Å². The minimum Gasteiger partial charge on any atom is -0.484 e. The number of rotatable bonds is 7. The predicted octanol–water partition coefficient (Wildman–Crippen LogP) is 5.47. The van der Waals surface area contributed by atoms with E-state index in [1.165, 1.54) is 4.90 Å². The van der Waals surface area contributed by atoms with Gasteiger partial charge >= 0.3 is 0 Å². The molecule has 1 atom stereocenters. The maximum absolute atomic E-state index is 13.0. The number of amides is 2. The largest absolute Gasteiger partial charge is 0.484 e. The van der Waals surface area contributed by atoms with Crippen molar-refractivity contribution in [2.45, 2.75) is 45.8 Å². The van der Waals surface area contributed by atoms with Crippen molar-refractivity contribution in [1.82, 2.24) is 10.2 Å². The van der Waals surface area contributed by atoms with Crippen LogP contribution in [0.3, 0.4) is 0 Å². The molecule has 0 unspecified atom stereocenters. The number of nitrogens with one attached hydrogen (secondary N) is 1. The highest BCUT2D eigenvalue weighted by Gasteiger charge is 2.29. The van der Waals surface area contributed by atoms with E-state index in [0.717, 1.165) is 4.47 Å². The smallest absolute Gasteiger partial charge is 0.261 e. The van der Waals surface area contributed by atoms with Crippen molar-refractivity contribution < 1.29 is 14.3 Å². The van der Waals surface area contributed by atoms with E-state index in [9.17, 15) is 9.59 Å². The van der Waals surface area contributed by atoms with Gasteiger partial charge in [-0.2, -0.15) is 0 Å². The molecule has 0 fully saturated rings. The lowest BCUT2D eigenvalue weighted by Crippen LogP contribution is -2.53. The van der Waals surface area contributed by atoms with Crippen molar-refractivity contribution in [3.63, 3.8) is 0 Å². The van der Waals surface area contributed by atoms with Crippen LogP contribution >= 0.6 is 39.1 Å². The van der Waals surface area contributed by atoms with Crippen LogP contribution in [-0.4, -0.2) is 34.9 Å². The third-order valence-corrected chi connectivity index (χ3v) is 5.31. The molecule has 2 aromatic rings. The minimum atomic E-state index is -0.725. The fourth-order valence-corrected chi connectivity index (χ4v) is 3.38. The van der Waals surface area contributed by atoms with Crippen LogP contribution in [0, 0.1) is 0 Å². The Kier molecular flexibility index (Phi) is 8.59. The lowest BCUT2D eigenvalue weighted by atomic mass is 10.1. The lowest BCUT2D eigenvalue weighted by Gasteiger charge is -2.31. The van der Waals surface area contributed by atoms with Crippen LogP contribution in [0.2, 0.25) is 10.0 Å². The maximum atomic E-state index is 13.0. The number of carbonyl (C=O) groups excluding carboxylic acids is 2. The number of hydrogen-bond donors (Lipinski definition) is 1. The van der Waals surface area contributed by atoms with Crippen LogP contribution in [0.25, 0.3) is 0 Å². The summed E-state index contributed by atoms with van der Waals surface area (Å²) in [6.45, 7) is 7.28. The summed E-state index contributed by atoms with van der Waals surface area (Å²) >= 11 is 15.6. The highest BCUT2D eigenvalue weighted by molar-refractivity contribution is 9.10. The third-order valence-electron chi connectivity index (χ3n) is 4.20. The minimum absolute atomic E-state index is 0.150. The van der Waals surface area contributed by atoms with Gasteiger partial charge in [-0.1, -0.05) is 45.2 Å². The van der Waals surface area contributed by atoms with E-state index in [2.05, 4.69) is 21.2 Å². The molecule has 0 radical (unpaired) electrons. The Morgan fingerprint density at radius 3 is 2.33 bits per heavy atom. The molecule has 0 bridgehead atoms. The molecule has 0 aliphatic heterocycles. The molecule has 0 aromatic heterocycles. The number of nitrogens with zero attached hydrogens (tertiary/aromatic N) is 1. The van der Waals surface area contributed by atoms with Gasteiger partial charge in [-0.15, -0.1) is 0 Å². The van der Waals surface area contributed by atoms with E-state index in [-0.39, 0.29) is 25.0 Å². The SMILES string of the molecule is C[C@H](C(=O)NC(C)(C)C)N(Cc1ccc(Cl)cc1Cl)C(=O)COc1ccc(Br)cc1. The van der Waals surface area contributed by atoms with Gasteiger partial charge in [0, 0.05) is 26.6 Å². The van der Waals surface area contributed by atoms with E-state index in [1.807, 2.05) is 32.9 Å². The number of ether oxygens (including phenoxy) is 1. The first-order valence-corrected chi connectivity index (χ1v) is 10.9. The highest BCUT2D eigenvalue weighted by atomic mass is 79.9. The summed E-state index contributed by atoms with van der Waals surface area (Å²) in [6, 6.07) is 11.5. The van der Waals surface area contributed by atoms with Gasteiger partial charge in [0.2, 0.25) is 5.91 Å². The zero-order chi connectivity index (χ0) is 22.5. The fourth-order valence-electron chi connectivity index (χ4n) is 2.65. The van der Waals surface area contributed by atoms with E-state index in [0.29, 0.717) is 21.4 Å². The molecular weight excluding hydrogens is 491 g/mol. The first-order chi connectivity index (χ1) is 14.0. The topological polar surface area (TPSA) is 58.6 Å². The van der Waals surface area contributed by atoms with Crippen LogP contribution in [-0.2, 0) is 16.1 Å². The summed E-state index contributed by atoms with van der Waals surface area (Å²) in [7, 11) is 0. The number of halogens is 3. The average Bonchev–Trinajstić information content (AvgIpc) is 2.65. The molecular formula is C22H25BrCl2N2O3. The van der Waals surface area contributed by atoms with Crippen molar-refractivity contribution in [3.8, 4) is 5.75 Å². The molecule has 0 aliphatic rings. The van der Waals surface area contributed by atoms with Gasteiger partial charge < -0.3 is 15.0 Å². The van der Waals surface area contributed by atoms with Crippen molar-refractivity contribution in [2.24, 2.45) is 0 Å². The molecule has 0 saturated heterocycles.